The summed E-state index contributed by atoms with van der Waals surface area (Å²) in [6.07, 6.45) is 2.67. The second kappa shape index (κ2) is 6.00. The maximum Gasteiger partial charge on any atom is 0.221 e. The molecule has 1 aliphatic heterocycles. The van der Waals surface area contributed by atoms with Crippen molar-refractivity contribution in [1.29, 1.82) is 0 Å². The van der Waals surface area contributed by atoms with E-state index in [0.29, 0.717) is 13.1 Å². The fourth-order valence-electron chi connectivity index (χ4n) is 1.61. The fraction of sp³-hybridized carbons (Fsp3) is 0.700. The minimum absolute atomic E-state index is 0.0574. The molecule has 0 bridgehead atoms. The number of rotatable bonds is 5. The fourth-order valence-corrected chi connectivity index (χ4v) is 3.05. The van der Waals surface area contributed by atoms with Gasteiger partial charge in [-0.15, -0.1) is 6.58 Å². The lowest BCUT2D eigenvalue weighted by Gasteiger charge is -2.23. The van der Waals surface area contributed by atoms with Crippen LogP contribution in [0.5, 0.6) is 0 Å². The van der Waals surface area contributed by atoms with E-state index in [1.165, 1.54) is 0 Å². The van der Waals surface area contributed by atoms with Crippen LogP contribution in [-0.2, 0) is 14.6 Å². The molecule has 1 saturated heterocycles. The third-order valence-corrected chi connectivity index (χ3v) is 4.14. The quantitative estimate of drug-likeness (QED) is 0.504. The summed E-state index contributed by atoms with van der Waals surface area (Å²) in [5, 5.41) is 5.75. The second-order valence-corrected chi connectivity index (χ2v) is 6.13. The lowest BCUT2D eigenvalue weighted by molar-refractivity contribution is -0.121. The van der Waals surface area contributed by atoms with Crippen LogP contribution in [0.15, 0.2) is 12.7 Å². The molecule has 6 heteroatoms. The van der Waals surface area contributed by atoms with Crippen LogP contribution in [0.4, 0.5) is 0 Å². The predicted molar refractivity (Wildman–Crippen MR) is 62.9 cm³/mol. The van der Waals surface area contributed by atoms with E-state index in [0.717, 1.165) is 6.42 Å². The van der Waals surface area contributed by atoms with Gasteiger partial charge in [0, 0.05) is 25.6 Å². The molecule has 1 amide bonds. The molecule has 0 aromatic heterocycles. The van der Waals surface area contributed by atoms with Crippen molar-refractivity contribution >= 4 is 15.7 Å². The van der Waals surface area contributed by atoms with Crippen molar-refractivity contribution in [2.75, 3.05) is 24.6 Å². The second-order valence-electron chi connectivity index (χ2n) is 3.90. The van der Waals surface area contributed by atoms with E-state index in [9.17, 15) is 13.2 Å². The van der Waals surface area contributed by atoms with E-state index in [2.05, 4.69) is 17.2 Å². The van der Waals surface area contributed by atoms with Gasteiger partial charge in [0.2, 0.25) is 5.91 Å². The zero-order valence-electron chi connectivity index (χ0n) is 9.24. The summed E-state index contributed by atoms with van der Waals surface area (Å²) in [4.78, 5) is 11.4. The van der Waals surface area contributed by atoms with E-state index in [1.54, 1.807) is 6.08 Å². The molecule has 0 saturated carbocycles. The zero-order valence-corrected chi connectivity index (χ0v) is 10.1. The molecule has 1 aliphatic rings. The van der Waals surface area contributed by atoms with Gasteiger partial charge in [-0.2, -0.15) is 0 Å². The first-order valence-corrected chi connectivity index (χ1v) is 7.17. The minimum atomic E-state index is -2.96. The van der Waals surface area contributed by atoms with E-state index >= 15 is 0 Å². The number of amides is 1. The molecule has 2 N–H and O–H groups in total. The highest BCUT2D eigenvalue weighted by molar-refractivity contribution is 7.91. The van der Waals surface area contributed by atoms with Gasteiger partial charge in [0.1, 0.15) is 0 Å². The van der Waals surface area contributed by atoms with Gasteiger partial charge in [-0.3, -0.25) is 4.79 Å². The first-order valence-electron chi connectivity index (χ1n) is 5.35. The van der Waals surface area contributed by atoms with Gasteiger partial charge in [-0.1, -0.05) is 6.08 Å². The molecule has 5 nitrogen and oxygen atoms in total. The molecular formula is C10H18N2O3S. The van der Waals surface area contributed by atoms with Crippen molar-refractivity contribution < 1.29 is 13.2 Å². The molecule has 16 heavy (non-hydrogen) atoms. The number of carbonyl (C=O) groups is 1. The molecule has 1 atom stereocenters. The van der Waals surface area contributed by atoms with Crippen LogP contribution in [-0.4, -0.2) is 45.0 Å². The molecule has 1 heterocycles. The zero-order chi connectivity index (χ0) is 12.0. The Morgan fingerprint density at radius 3 is 2.94 bits per heavy atom. The lowest BCUT2D eigenvalue weighted by atomic mass is 10.2. The van der Waals surface area contributed by atoms with Crippen LogP contribution in [0, 0.1) is 0 Å². The molecule has 1 rings (SSSR count). The Balaban J connectivity index is 2.31. The molecule has 92 valence electrons. The van der Waals surface area contributed by atoms with E-state index in [-0.39, 0.29) is 29.9 Å². The Bertz CT molecular complexity index is 351. The Labute approximate surface area is 96.2 Å². The van der Waals surface area contributed by atoms with Crippen molar-refractivity contribution in [3.63, 3.8) is 0 Å². The molecule has 1 unspecified atom stereocenters. The first-order chi connectivity index (χ1) is 7.53. The van der Waals surface area contributed by atoms with Gasteiger partial charge in [0.05, 0.1) is 11.5 Å². The summed E-state index contributed by atoms with van der Waals surface area (Å²) < 4.78 is 22.6. The topological polar surface area (TPSA) is 75.3 Å². The van der Waals surface area contributed by atoms with Gasteiger partial charge < -0.3 is 10.6 Å². The number of carbonyl (C=O) groups excluding carboxylic acids is 1. The summed E-state index contributed by atoms with van der Waals surface area (Å²) in [5.41, 5.74) is 0. The van der Waals surface area contributed by atoms with Crippen LogP contribution >= 0.6 is 0 Å². The monoisotopic (exact) mass is 246 g/mol. The Kier molecular flexibility index (Phi) is 4.95. The van der Waals surface area contributed by atoms with Gasteiger partial charge in [0.25, 0.3) is 0 Å². The highest BCUT2D eigenvalue weighted by Crippen LogP contribution is 2.04. The number of sulfone groups is 1. The molecule has 1 fully saturated rings. The average molecular weight is 246 g/mol. The highest BCUT2D eigenvalue weighted by Gasteiger charge is 2.25. The minimum Gasteiger partial charge on any atom is -0.356 e. The molecule has 0 spiro atoms. The highest BCUT2D eigenvalue weighted by atomic mass is 32.2. The van der Waals surface area contributed by atoms with E-state index in [4.69, 9.17) is 0 Å². The largest absolute Gasteiger partial charge is 0.356 e. The molecule has 0 aromatic rings. The Morgan fingerprint density at radius 2 is 2.31 bits per heavy atom. The molecule has 0 aromatic carbocycles. The van der Waals surface area contributed by atoms with Gasteiger partial charge in [-0.25, -0.2) is 8.42 Å². The van der Waals surface area contributed by atoms with Crippen molar-refractivity contribution in [3.8, 4) is 0 Å². The summed E-state index contributed by atoms with van der Waals surface area (Å²) >= 11 is 0. The van der Waals surface area contributed by atoms with Crippen LogP contribution in [0.3, 0.4) is 0 Å². The van der Waals surface area contributed by atoms with Gasteiger partial charge in [-0.05, 0) is 6.42 Å². The lowest BCUT2D eigenvalue weighted by Crippen LogP contribution is -2.47. The number of hydrogen-bond acceptors (Lipinski definition) is 4. The number of hydrogen-bond donors (Lipinski definition) is 2. The van der Waals surface area contributed by atoms with Crippen LogP contribution in [0.25, 0.3) is 0 Å². The van der Waals surface area contributed by atoms with Crippen molar-refractivity contribution in [2.24, 2.45) is 0 Å². The Morgan fingerprint density at radius 1 is 1.56 bits per heavy atom. The number of nitrogens with one attached hydrogen (secondary N) is 2. The van der Waals surface area contributed by atoms with Gasteiger partial charge in [0.15, 0.2) is 9.84 Å². The third kappa shape index (κ3) is 4.76. The summed E-state index contributed by atoms with van der Waals surface area (Å²) in [7, 11) is -2.96. The summed E-state index contributed by atoms with van der Waals surface area (Å²) in [5.74, 6) is 0.111. The molecule has 0 radical (unpaired) electrons. The van der Waals surface area contributed by atoms with Gasteiger partial charge >= 0.3 is 0 Å². The first kappa shape index (κ1) is 13.2. The Hall–Kier alpha value is -0.880. The predicted octanol–water partition coefficient (Wildman–Crippen LogP) is -0.545. The van der Waals surface area contributed by atoms with Crippen LogP contribution < -0.4 is 10.6 Å². The molecule has 0 aliphatic carbocycles. The maximum absolute atomic E-state index is 11.4. The van der Waals surface area contributed by atoms with Crippen LogP contribution in [0.1, 0.15) is 12.8 Å². The van der Waals surface area contributed by atoms with E-state index in [1.807, 2.05) is 0 Å². The summed E-state index contributed by atoms with van der Waals surface area (Å²) in [6.45, 7) is 4.54. The van der Waals surface area contributed by atoms with Crippen LogP contribution in [0.2, 0.25) is 0 Å². The van der Waals surface area contributed by atoms with Crippen molar-refractivity contribution in [1.82, 2.24) is 10.6 Å². The molecular weight excluding hydrogens is 228 g/mol. The third-order valence-electron chi connectivity index (χ3n) is 2.40. The SMILES string of the molecule is C=CCCNC(=O)CC1CS(=O)(=O)CCN1. The van der Waals surface area contributed by atoms with Crippen molar-refractivity contribution in [3.05, 3.63) is 12.7 Å². The normalized spacial score (nSPS) is 23.6. The summed E-state index contributed by atoms with van der Waals surface area (Å²) in [6, 6.07) is -0.248. The standard InChI is InChI=1S/C10H18N2O3S/c1-2-3-4-12-10(13)7-9-8-16(14,15)6-5-11-9/h2,9,11H,1,3-8H2,(H,12,13). The average Bonchev–Trinajstić information content (AvgIpc) is 2.16. The van der Waals surface area contributed by atoms with E-state index < -0.39 is 9.84 Å². The maximum atomic E-state index is 11.4. The van der Waals surface area contributed by atoms with Crippen molar-refractivity contribution in [2.45, 2.75) is 18.9 Å². The smallest absolute Gasteiger partial charge is 0.221 e.